The van der Waals surface area contributed by atoms with Gasteiger partial charge < -0.3 is 15.7 Å². The number of carbonyl (C=O) groups is 1. The van der Waals surface area contributed by atoms with Crippen molar-refractivity contribution in [1.29, 1.82) is 0 Å². The first-order valence-electron chi connectivity index (χ1n) is 6.02. The molecule has 98 valence electrons. The van der Waals surface area contributed by atoms with E-state index in [-0.39, 0.29) is 17.9 Å². The molecule has 1 saturated heterocycles. The number of anilines is 1. The van der Waals surface area contributed by atoms with Crippen molar-refractivity contribution in [2.24, 2.45) is 5.92 Å². The monoisotopic (exact) mass is 268 g/mol. The molecule has 0 aliphatic carbocycles. The number of amides is 1. The van der Waals surface area contributed by atoms with Gasteiger partial charge in [0, 0.05) is 18.8 Å². The van der Waals surface area contributed by atoms with Crippen LogP contribution in [0.3, 0.4) is 0 Å². The van der Waals surface area contributed by atoms with Gasteiger partial charge in [-0.25, -0.2) is 0 Å². The molecule has 3 N–H and O–H groups in total. The lowest BCUT2D eigenvalue weighted by Gasteiger charge is -2.34. The molecule has 0 radical (unpaired) electrons. The molecule has 1 heterocycles. The maximum Gasteiger partial charge on any atom is 0.257 e. The Labute approximate surface area is 111 Å². The van der Waals surface area contributed by atoms with Crippen LogP contribution < -0.4 is 5.73 Å². The van der Waals surface area contributed by atoms with Gasteiger partial charge in [0.1, 0.15) is 0 Å². The predicted octanol–water partition coefficient (Wildman–Crippen LogP) is 1.77. The van der Waals surface area contributed by atoms with E-state index < -0.39 is 0 Å². The second-order valence-electron chi connectivity index (χ2n) is 4.79. The maximum absolute atomic E-state index is 12.4. The number of rotatable bonds is 1. The highest BCUT2D eigenvalue weighted by atomic mass is 35.5. The number of aliphatic hydroxyl groups is 1. The van der Waals surface area contributed by atoms with Crippen molar-refractivity contribution < 1.29 is 9.90 Å². The SMILES string of the molecule is CC1CN(C(=O)c2c(N)cccc2Cl)CCC1O. The van der Waals surface area contributed by atoms with Crippen molar-refractivity contribution in [1.82, 2.24) is 4.90 Å². The van der Waals surface area contributed by atoms with Crippen LogP contribution in [0.4, 0.5) is 5.69 Å². The lowest BCUT2D eigenvalue weighted by Crippen LogP contribution is -2.45. The zero-order valence-electron chi connectivity index (χ0n) is 10.3. The summed E-state index contributed by atoms with van der Waals surface area (Å²) in [5.41, 5.74) is 6.57. The largest absolute Gasteiger partial charge is 0.398 e. The maximum atomic E-state index is 12.4. The number of nitrogen functional groups attached to an aromatic ring is 1. The fourth-order valence-corrected chi connectivity index (χ4v) is 2.50. The normalized spacial score (nSPS) is 24.1. The van der Waals surface area contributed by atoms with Crippen LogP contribution in [-0.4, -0.2) is 35.1 Å². The summed E-state index contributed by atoms with van der Waals surface area (Å²) in [6.07, 6.45) is 0.259. The minimum Gasteiger partial charge on any atom is -0.398 e. The van der Waals surface area contributed by atoms with Gasteiger partial charge in [-0.3, -0.25) is 4.79 Å². The molecular weight excluding hydrogens is 252 g/mol. The molecule has 1 amide bonds. The standard InChI is InChI=1S/C13H17ClN2O2/c1-8-7-16(6-5-11(8)17)13(18)12-9(14)3-2-4-10(12)15/h2-4,8,11,17H,5-7,15H2,1H3. The molecular formula is C13H17ClN2O2. The van der Waals surface area contributed by atoms with E-state index in [1.54, 1.807) is 23.1 Å². The lowest BCUT2D eigenvalue weighted by atomic mass is 9.96. The third-order valence-electron chi connectivity index (χ3n) is 3.41. The molecule has 1 aromatic carbocycles. The van der Waals surface area contributed by atoms with Crippen molar-refractivity contribution in [2.45, 2.75) is 19.4 Å². The van der Waals surface area contributed by atoms with Gasteiger partial charge >= 0.3 is 0 Å². The van der Waals surface area contributed by atoms with E-state index in [2.05, 4.69) is 0 Å². The van der Waals surface area contributed by atoms with Gasteiger partial charge in [0.25, 0.3) is 5.91 Å². The molecule has 0 spiro atoms. The first-order chi connectivity index (χ1) is 8.50. The molecule has 4 nitrogen and oxygen atoms in total. The van der Waals surface area contributed by atoms with Gasteiger partial charge in [0.2, 0.25) is 0 Å². The molecule has 2 unspecified atom stereocenters. The van der Waals surface area contributed by atoms with E-state index in [1.807, 2.05) is 6.92 Å². The van der Waals surface area contributed by atoms with Gasteiger partial charge in [0.15, 0.2) is 0 Å². The molecule has 0 aromatic heterocycles. The molecule has 1 aliphatic heterocycles. The molecule has 5 heteroatoms. The van der Waals surface area contributed by atoms with Crippen LogP contribution in [0.2, 0.25) is 5.02 Å². The first-order valence-corrected chi connectivity index (χ1v) is 6.40. The Hall–Kier alpha value is -1.26. The number of nitrogens with zero attached hydrogens (tertiary/aromatic N) is 1. The summed E-state index contributed by atoms with van der Waals surface area (Å²) in [6.45, 7) is 3.00. The molecule has 2 rings (SSSR count). The highest BCUT2D eigenvalue weighted by Crippen LogP contribution is 2.26. The third-order valence-corrected chi connectivity index (χ3v) is 3.72. The van der Waals surface area contributed by atoms with E-state index in [0.29, 0.717) is 35.8 Å². The van der Waals surface area contributed by atoms with E-state index in [1.165, 1.54) is 0 Å². The topological polar surface area (TPSA) is 66.6 Å². The number of nitrogens with two attached hydrogens (primary N) is 1. The van der Waals surface area contributed by atoms with Crippen LogP contribution in [0.15, 0.2) is 18.2 Å². The first kappa shape index (κ1) is 13.2. The second kappa shape index (κ2) is 5.16. The van der Waals surface area contributed by atoms with Crippen molar-refractivity contribution >= 4 is 23.2 Å². The number of halogens is 1. The number of hydrogen-bond donors (Lipinski definition) is 2. The molecule has 0 saturated carbocycles. The Morgan fingerprint density at radius 1 is 1.56 bits per heavy atom. The van der Waals surface area contributed by atoms with Crippen molar-refractivity contribution in [3.05, 3.63) is 28.8 Å². The summed E-state index contributed by atoms with van der Waals surface area (Å²) in [6, 6.07) is 5.05. The van der Waals surface area contributed by atoms with E-state index in [9.17, 15) is 9.90 Å². The Bertz CT molecular complexity index is 444. The third kappa shape index (κ3) is 2.44. The number of aliphatic hydroxyl groups excluding tert-OH is 1. The zero-order chi connectivity index (χ0) is 13.3. The van der Waals surface area contributed by atoms with Crippen molar-refractivity contribution in [3.8, 4) is 0 Å². The van der Waals surface area contributed by atoms with Gasteiger partial charge in [0.05, 0.1) is 16.7 Å². The Kier molecular flexibility index (Phi) is 3.78. The Morgan fingerprint density at radius 2 is 2.28 bits per heavy atom. The van der Waals surface area contributed by atoms with Crippen LogP contribution in [-0.2, 0) is 0 Å². The minimum atomic E-state index is -0.336. The Balaban J connectivity index is 2.22. The number of likely N-dealkylation sites (tertiary alicyclic amines) is 1. The fourth-order valence-electron chi connectivity index (χ4n) is 2.24. The van der Waals surface area contributed by atoms with Crippen LogP contribution >= 0.6 is 11.6 Å². The van der Waals surface area contributed by atoms with Crippen LogP contribution in [0, 0.1) is 5.92 Å². The van der Waals surface area contributed by atoms with E-state index in [4.69, 9.17) is 17.3 Å². The molecule has 1 aliphatic rings. The summed E-state index contributed by atoms with van der Waals surface area (Å²) in [7, 11) is 0. The van der Waals surface area contributed by atoms with Crippen molar-refractivity contribution in [2.75, 3.05) is 18.8 Å². The number of benzene rings is 1. The van der Waals surface area contributed by atoms with Gasteiger partial charge in [-0.05, 0) is 24.5 Å². The highest BCUT2D eigenvalue weighted by molar-refractivity contribution is 6.34. The summed E-state index contributed by atoms with van der Waals surface area (Å²) in [4.78, 5) is 14.1. The molecule has 0 bridgehead atoms. The summed E-state index contributed by atoms with van der Waals surface area (Å²) in [5.74, 6) is -0.0803. The summed E-state index contributed by atoms with van der Waals surface area (Å²) < 4.78 is 0. The predicted molar refractivity (Wildman–Crippen MR) is 71.6 cm³/mol. The molecule has 2 atom stereocenters. The average Bonchev–Trinajstić information content (AvgIpc) is 2.32. The van der Waals surface area contributed by atoms with Crippen molar-refractivity contribution in [3.63, 3.8) is 0 Å². The average molecular weight is 269 g/mol. The molecule has 1 fully saturated rings. The quantitative estimate of drug-likeness (QED) is 0.763. The number of hydrogen-bond acceptors (Lipinski definition) is 3. The molecule has 18 heavy (non-hydrogen) atoms. The smallest absolute Gasteiger partial charge is 0.257 e. The minimum absolute atomic E-state index is 0.0754. The highest BCUT2D eigenvalue weighted by Gasteiger charge is 2.29. The lowest BCUT2D eigenvalue weighted by molar-refractivity contribution is 0.0298. The summed E-state index contributed by atoms with van der Waals surface area (Å²) >= 11 is 6.03. The van der Waals surface area contributed by atoms with Gasteiger partial charge in [-0.1, -0.05) is 24.6 Å². The van der Waals surface area contributed by atoms with E-state index >= 15 is 0 Å². The summed E-state index contributed by atoms with van der Waals surface area (Å²) in [5, 5.41) is 10.0. The number of carbonyl (C=O) groups excluding carboxylic acids is 1. The van der Waals surface area contributed by atoms with Crippen LogP contribution in [0.5, 0.6) is 0 Å². The Morgan fingerprint density at radius 3 is 2.89 bits per heavy atom. The van der Waals surface area contributed by atoms with E-state index in [0.717, 1.165) is 0 Å². The van der Waals surface area contributed by atoms with Gasteiger partial charge in [-0.15, -0.1) is 0 Å². The zero-order valence-corrected chi connectivity index (χ0v) is 11.0. The van der Waals surface area contributed by atoms with Crippen LogP contribution in [0.1, 0.15) is 23.7 Å². The number of piperidine rings is 1. The van der Waals surface area contributed by atoms with Gasteiger partial charge in [-0.2, -0.15) is 0 Å². The molecule has 1 aromatic rings. The second-order valence-corrected chi connectivity index (χ2v) is 5.20. The fraction of sp³-hybridized carbons (Fsp3) is 0.462. The van der Waals surface area contributed by atoms with Crippen LogP contribution in [0.25, 0.3) is 0 Å².